The molecule has 1 heterocycles. The first kappa shape index (κ1) is 24.3. The predicted molar refractivity (Wildman–Crippen MR) is 97.1 cm³/mol. The van der Waals surface area contributed by atoms with Crippen molar-refractivity contribution in [3.63, 3.8) is 0 Å². The van der Waals surface area contributed by atoms with Gasteiger partial charge in [-0.15, -0.1) is 0 Å². The van der Waals surface area contributed by atoms with Gasteiger partial charge in [0.2, 0.25) is 17.8 Å². The molecule has 1 fully saturated rings. The van der Waals surface area contributed by atoms with Gasteiger partial charge in [-0.25, -0.2) is 14.4 Å². The second-order valence-electron chi connectivity index (χ2n) is 6.98. The van der Waals surface area contributed by atoms with E-state index in [1.54, 1.807) is 0 Å². The first-order valence-electron chi connectivity index (χ1n) is 9.91. The molecular weight excluding hydrogens is 372 g/mol. The zero-order chi connectivity index (χ0) is 21.0. The van der Waals surface area contributed by atoms with Gasteiger partial charge in [-0.1, -0.05) is 51.9 Å². The van der Waals surface area contributed by atoms with Crippen molar-refractivity contribution in [3.05, 3.63) is 0 Å². The van der Waals surface area contributed by atoms with Gasteiger partial charge in [0.25, 0.3) is 0 Å². The highest BCUT2D eigenvalue weighted by molar-refractivity contribution is 5.90. The third kappa shape index (κ3) is 7.03. The highest BCUT2D eigenvalue weighted by atomic mass is 16.7. The lowest BCUT2D eigenvalue weighted by Crippen LogP contribution is -2.50. The molecule has 28 heavy (non-hydrogen) atoms. The molecule has 1 rings (SSSR count). The lowest BCUT2D eigenvalue weighted by molar-refractivity contribution is -0.193. The number of ether oxygens (including phenoxy) is 3. The van der Waals surface area contributed by atoms with Crippen LogP contribution in [-0.2, 0) is 28.6 Å². The van der Waals surface area contributed by atoms with Crippen molar-refractivity contribution in [3.8, 4) is 0 Å². The molecule has 0 aliphatic carbocycles. The topological polar surface area (TPSA) is 140 Å². The Hall–Kier alpha value is -1.71. The summed E-state index contributed by atoms with van der Waals surface area (Å²) in [6.45, 7) is -0.432. The third-order valence-electron chi connectivity index (χ3n) is 4.72. The van der Waals surface area contributed by atoms with Crippen molar-refractivity contribution >= 4 is 17.9 Å². The minimum atomic E-state index is -2.01. The van der Waals surface area contributed by atoms with Gasteiger partial charge in [-0.05, 0) is 6.42 Å². The van der Waals surface area contributed by atoms with E-state index in [2.05, 4.69) is 6.92 Å². The van der Waals surface area contributed by atoms with E-state index < -0.39 is 55.5 Å². The van der Waals surface area contributed by atoms with Crippen molar-refractivity contribution in [2.45, 2.75) is 82.5 Å². The lowest BCUT2D eigenvalue weighted by atomic mass is 9.95. The van der Waals surface area contributed by atoms with Crippen molar-refractivity contribution in [1.29, 1.82) is 0 Å². The zero-order valence-electron chi connectivity index (χ0n) is 16.4. The van der Waals surface area contributed by atoms with E-state index in [0.29, 0.717) is 6.42 Å². The van der Waals surface area contributed by atoms with Crippen LogP contribution < -0.4 is 0 Å². The number of hydrogen-bond acceptors (Lipinski definition) is 9. The minimum absolute atomic E-state index is 0.00643. The zero-order valence-corrected chi connectivity index (χ0v) is 16.4. The van der Waals surface area contributed by atoms with Crippen molar-refractivity contribution in [1.82, 2.24) is 0 Å². The van der Waals surface area contributed by atoms with Crippen LogP contribution in [0.3, 0.4) is 0 Å². The van der Waals surface area contributed by atoms with E-state index in [1.165, 1.54) is 19.3 Å². The molecule has 0 bridgehead atoms. The molecule has 1 aliphatic heterocycles. The molecule has 3 unspecified atom stereocenters. The van der Waals surface area contributed by atoms with E-state index in [1.807, 2.05) is 0 Å². The summed E-state index contributed by atoms with van der Waals surface area (Å²) in [4.78, 5) is 36.6. The molecule has 3 N–H and O–H groups in total. The highest BCUT2D eigenvalue weighted by Gasteiger charge is 2.48. The van der Waals surface area contributed by atoms with Crippen LogP contribution in [0.4, 0.5) is 0 Å². The van der Waals surface area contributed by atoms with Gasteiger partial charge in [-0.2, -0.15) is 0 Å². The molecule has 0 aromatic carbocycles. The number of aliphatic hydroxyl groups excluding tert-OH is 3. The Morgan fingerprint density at radius 1 is 0.786 bits per heavy atom. The summed E-state index contributed by atoms with van der Waals surface area (Å²) < 4.78 is 14.8. The van der Waals surface area contributed by atoms with Gasteiger partial charge in [0.05, 0.1) is 19.8 Å². The molecule has 0 aromatic heterocycles. The molecule has 9 heteroatoms. The van der Waals surface area contributed by atoms with Crippen LogP contribution in [0.15, 0.2) is 0 Å². The summed E-state index contributed by atoms with van der Waals surface area (Å²) in [5.41, 5.74) is -2.01. The molecule has 0 saturated carbocycles. The van der Waals surface area contributed by atoms with E-state index in [0.717, 1.165) is 25.7 Å². The van der Waals surface area contributed by atoms with Gasteiger partial charge in [0, 0.05) is 6.42 Å². The van der Waals surface area contributed by atoms with Crippen LogP contribution in [-0.4, -0.2) is 70.9 Å². The van der Waals surface area contributed by atoms with Gasteiger partial charge >= 0.3 is 17.9 Å². The second kappa shape index (κ2) is 12.7. The Kier molecular flexibility index (Phi) is 11.0. The Bertz CT molecular complexity index is 506. The molecule has 0 aromatic rings. The summed E-state index contributed by atoms with van der Waals surface area (Å²) in [7, 11) is 0. The van der Waals surface area contributed by atoms with Crippen molar-refractivity contribution in [2.24, 2.45) is 0 Å². The summed E-state index contributed by atoms with van der Waals surface area (Å²) in [6, 6.07) is 0. The van der Waals surface area contributed by atoms with Gasteiger partial charge in [0.1, 0.15) is 0 Å². The Morgan fingerprint density at radius 3 is 1.86 bits per heavy atom. The number of carbonyl (C=O) groups excluding carboxylic acids is 3. The molecule has 0 amide bonds. The summed E-state index contributed by atoms with van der Waals surface area (Å²) >= 11 is 0. The van der Waals surface area contributed by atoms with E-state index in [9.17, 15) is 29.7 Å². The Balaban J connectivity index is 2.76. The molecule has 9 nitrogen and oxygen atoms in total. The normalized spacial score (nSPS) is 25.9. The van der Waals surface area contributed by atoms with Crippen LogP contribution in [0.2, 0.25) is 0 Å². The number of cyclic esters (lactones) is 3. The summed E-state index contributed by atoms with van der Waals surface area (Å²) in [5, 5.41) is 28.3. The SMILES string of the molecule is CCCCCCCCCCC1(CO)OC(=O)C(CO)OC(=O)C(CO)OC1=O. The van der Waals surface area contributed by atoms with Crippen LogP contribution >= 0.6 is 0 Å². The maximum atomic E-state index is 12.5. The van der Waals surface area contributed by atoms with E-state index >= 15 is 0 Å². The number of aliphatic hydroxyl groups is 3. The van der Waals surface area contributed by atoms with Crippen LogP contribution in [0.1, 0.15) is 64.7 Å². The molecule has 0 radical (unpaired) electrons. The van der Waals surface area contributed by atoms with E-state index in [4.69, 9.17) is 14.2 Å². The first-order chi connectivity index (χ1) is 13.4. The number of unbranched alkanes of at least 4 members (excludes halogenated alkanes) is 7. The fraction of sp³-hybridized carbons (Fsp3) is 0.842. The van der Waals surface area contributed by atoms with Gasteiger partial charge in [0.15, 0.2) is 0 Å². The number of hydrogen-bond donors (Lipinski definition) is 3. The molecule has 162 valence electrons. The second-order valence-corrected chi connectivity index (χ2v) is 6.98. The van der Waals surface area contributed by atoms with Gasteiger partial charge in [-0.3, -0.25) is 0 Å². The predicted octanol–water partition coefficient (Wildman–Crippen LogP) is 0.613. The Labute approximate surface area is 165 Å². The van der Waals surface area contributed by atoms with Crippen LogP contribution in [0.25, 0.3) is 0 Å². The largest absolute Gasteiger partial charge is 0.445 e. The monoisotopic (exact) mass is 404 g/mol. The highest BCUT2D eigenvalue weighted by Crippen LogP contribution is 2.26. The number of esters is 3. The fourth-order valence-corrected chi connectivity index (χ4v) is 2.95. The van der Waals surface area contributed by atoms with Gasteiger partial charge < -0.3 is 29.5 Å². The average molecular weight is 404 g/mol. The van der Waals surface area contributed by atoms with Crippen molar-refractivity contribution in [2.75, 3.05) is 19.8 Å². The summed E-state index contributed by atoms with van der Waals surface area (Å²) in [6.07, 6.45) is 4.59. The molecule has 1 aliphatic rings. The summed E-state index contributed by atoms with van der Waals surface area (Å²) in [5.74, 6) is -3.45. The molecular formula is C19H32O9. The number of rotatable bonds is 12. The fourth-order valence-electron chi connectivity index (χ4n) is 2.95. The van der Waals surface area contributed by atoms with E-state index in [-0.39, 0.29) is 6.42 Å². The maximum Gasteiger partial charge on any atom is 0.354 e. The first-order valence-corrected chi connectivity index (χ1v) is 9.91. The average Bonchev–Trinajstić information content (AvgIpc) is 2.73. The quantitative estimate of drug-likeness (QED) is 0.242. The van der Waals surface area contributed by atoms with Crippen molar-refractivity contribution < 1.29 is 43.9 Å². The lowest BCUT2D eigenvalue weighted by Gasteiger charge is -2.29. The molecule has 0 spiro atoms. The number of carbonyl (C=O) groups is 3. The smallest absolute Gasteiger partial charge is 0.354 e. The minimum Gasteiger partial charge on any atom is -0.445 e. The Morgan fingerprint density at radius 2 is 1.32 bits per heavy atom. The maximum absolute atomic E-state index is 12.5. The van der Waals surface area contributed by atoms with Crippen LogP contribution in [0.5, 0.6) is 0 Å². The van der Waals surface area contributed by atoms with Crippen LogP contribution in [0, 0.1) is 0 Å². The molecule has 1 saturated heterocycles. The standard InChI is InChI=1S/C19H32O9/c1-2-3-4-5-6-7-8-9-10-19(13-22)18(25)27-14(11-20)16(23)26-15(12-21)17(24)28-19/h14-15,20-22H,2-13H2,1H3. The third-order valence-corrected chi connectivity index (χ3v) is 4.72. The molecule has 3 atom stereocenters.